The molecule has 2 heterocycles. The van der Waals surface area contributed by atoms with Crippen molar-refractivity contribution in [1.82, 2.24) is 20.2 Å². The molecule has 1 aromatic rings. The van der Waals surface area contributed by atoms with Gasteiger partial charge < -0.3 is 10.6 Å². The van der Waals surface area contributed by atoms with Crippen molar-refractivity contribution < 1.29 is 0 Å². The summed E-state index contributed by atoms with van der Waals surface area (Å²) < 4.78 is 0. The summed E-state index contributed by atoms with van der Waals surface area (Å²) in [6.07, 6.45) is 1.62. The number of nitrogens with two attached hydrogens (primary N) is 1. The molecule has 1 saturated heterocycles. The highest BCUT2D eigenvalue weighted by Crippen LogP contribution is 2.06. The molecule has 7 heteroatoms. The Labute approximate surface area is 124 Å². The Bertz CT molecular complexity index is 482. The number of hydrogen-bond acceptors (Lipinski definition) is 5. The highest BCUT2D eigenvalue weighted by atomic mass is 32.1. The van der Waals surface area contributed by atoms with E-state index in [0.29, 0.717) is 0 Å². The lowest BCUT2D eigenvalue weighted by atomic mass is 10.2. The molecule has 0 saturated carbocycles. The lowest BCUT2D eigenvalue weighted by Crippen LogP contribution is -2.44. The molecule has 0 aliphatic carbocycles. The van der Waals surface area contributed by atoms with E-state index in [1.165, 1.54) is 0 Å². The number of thiocarbonyl (C=S) groups is 1. The summed E-state index contributed by atoms with van der Waals surface area (Å²) in [7, 11) is 2.15. The van der Waals surface area contributed by atoms with Gasteiger partial charge in [0.2, 0.25) is 0 Å². The second-order valence-corrected chi connectivity index (χ2v) is 5.31. The van der Waals surface area contributed by atoms with Crippen LogP contribution >= 0.6 is 12.2 Å². The van der Waals surface area contributed by atoms with Gasteiger partial charge in [0.15, 0.2) is 5.11 Å². The molecule has 6 nitrogen and oxygen atoms in total. The maximum atomic E-state index is 5.30. The molecule has 0 radical (unpaired) electrons. The van der Waals surface area contributed by atoms with Crippen molar-refractivity contribution in [3.63, 3.8) is 0 Å². The maximum absolute atomic E-state index is 5.30. The number of nitrogens with zero attached hydrogens (tertiary/aromatic N) is 4. The predicted octanol–water partition coefficient (Wildman–Crippen LogP) is -0.00390. The smallest absolute Gasteiger partial charge is 0.184 e. The van der Waals surface area contributed by atoms with Gasteiger partial charge in [-0.15, -0.1) is 0 Å². The van der Waals surface area contributed by atoms with Crippen LogP contribution in [0.15, 0.2) is 23.3 Å². The van der Waals surface area contributed by atoms with E-state index in [1.807, 2.05) is 18.2 Å². The summed E-state index contributed by atoms with van der Waals surface area (Å²) >= 11 is 4.68. The lowest BCUT2D eigenvalue weighted by Gasteiger charge is -2.32. The number of hydrazone groups is 1. The van der Waals surface area contributed by atoms with E-state index >= 15 is 0 Å². The number of nitrogens with one attached hydrogen (secondary N) is 1. The summed E-state index contributed by atoms with van der Waals surface area (Å²) in [6, 6.07) is 5.93. The normalized spacial score (nSPS) is 17.4. The third-order valence-corrected chi connectivity index (χ3v) is 3.27. The zero-order chi connectivity index (χ0) is 14.4. The monoisotopic (exact) mass is 292 g/mol. The predicted molar refractivity (Wildman–Crippen MR) is 84.5 cm³/mol. The fourth-order valence-corrected chi connectivity index (χ4v) is 2.11. The molecule has 3 N–H and O–H groups in total. The zero-order valence-corrected chi connectivity index (χ0v) is 12.4. The highest BCUT2D eigenvalue weighted by Gasteiger charge is 2.14. The lowest BCUT2D eigenvalue weighted by molar-refractivity contribution is 0.147. The molecule has 1 aliphatic rings. The summed E-state index contributed by atoms with van der Waals surface area (Å²) in [4.78, 5) is 9.31. The summed E-state index contributed by atoms with van der Waals surface area (Å²) in [5, 5.41) is 4.06. The summed E-state index contributed by atoms with van der Waals surface area (Å²) in [5.41, 5.74) is 9.66. The molecule has 0 aromatic carbocycles. The quantitative estimate of drug-likeness (QED) is 0.462. The van der Waals surface area contributed by atoms with Crippen LogP contribution in [0.5, 0.6) is 0 Å². The second-order valence-electron chi connectivity index (χ2n) is 4.87. The first kappa shape index (κ1) is 14.8. The average Bonchev–Trinajstić information content (AvgIpc) is 2.41. The van der Waals surface area contributed by atoms with Crippen molar-refractivity contribution in [1.29, 1.82) is 0 Å². The van der Waals surface area contributed by atoms with Crippen LogP contribution < -0.4 is 11.2 Å². The van der Waals surface area contributed by atoms with E-state index in [4.69, 9.17) is 5.73 Å². The molecular formula is C13H20N6S. The van der Waals surface area contributed by atoms with E-state index < -0.39 is 0 Å². The number of hydrogen-bond donors (Lipinski definition) is 2. The first-order valence-corrected chi connectivity index (χ1v) is 6.99. The molecule has 108 valence electrons. The SMILES string of the molecule is CN1CCN(Cc2cccc(/C=N/NC(N)=S)n2)CC1. The fraction of sp³-hybridized carbons (Fsp3) is 0.462. The maximum Gasteiger partial charge on any atom is 0.184 e. The first-order chi connectivity index (χ1) is 9.63. The van der Waals surface area contributed by atoms with Crippen LogP contribution in [-0.4, -0.2) is 59.3 Å². The summed E-state index contributed by atoms with van der Waals surface area (Å²) in [6.45, 7) is 5.26. The Morgan fingerprint density at radius 3 is 2.90 bits per heavy atom. The zero-order valence-electron chi connectivity index (χ0n) is 11.6. The minimum Gasteiger partial charge on any atom is -0.375 e. The molecule has 0 amide bonds. The van der Waals surface area contributed by atoms with Crippen LogP contribution in [-0.2, 0) is 6.54 Å². The molecule has 2 rings (SSSR count). The molecular weight excluding hydrogens is 272 g/mol. The number of pyridine rings is 1. The molecule has 0 bridgehead atoms. The molecule has 0 spiro atoms. The number of rotatable bonds is 4. The Kier molecular flexibility index (Phi) is 5.40. The Hall–Kier alpha value is -1.57. The van der Waals surface area contributed by atoms with Crippen LogP contribution in [0.3, 0.4) is 0 Å². The number of likely N-dealkylation sites (N-methyl/N-ethyl adjacent to an activating group) is 1. The van der Waals surface area contributed by atoms with Gasteiger partial charge >= 0.3 is 0 Å². The van der Waals surface area contributed by atoms with E-state index in [1.54, 1.807) is 6.21 Å². The van der Waals surface area contributed by atoms with Gasteiger partial charge in [-0.05, 0) is 31.4 Å². The molecule has 1 aliphatic heterocycles. The molecule has 20 heavy (non-hydrogen) atoms. The minimum absolute atomic E-state index is 0.148. The topological polar surface area (TPSA) is 69.8 Å². The van der Waals surface area contributed by atoms with Gasteiger partial charge in [-0.3, -0.25) is 15.3 Å². The largest absolute Gasteiger partial charge is 0.375 e. The van der Waals surface area contributed by atoms with Crippen molar-refractivity contribution in [2.45, 2.75) is 6.54 Å². The van der Waals surface area contributed by atoms with Crippen molar-refractivity contribution >= 4 is 23.5 Å². The van der Waals surface area contributed by atoms with Crippen molar-refractivity contribution in [3.8, 4) is 0 Å². The Morgan fingerprint density at radius 1 is 1.45 bits per heavy atom. The van der Waals surface area contributed by atoms with Gasteiger partial charge in [0.05, 0.1) is 17.6 Å². The van der Waals surface area contributed by atoms with Crippen LogP contribution in [0.4, 0.5) is 0 Å². The Morgan fingerprint density at radius 2 is 2.20 bits per heavy atom. The van der Waals surface area contributed by atoms with Gasteiger partial charge in [-0.25, -0.2) is 0 Å². The van der Waals surface area contributed by atoms with Crippen LogP contribution in [0.25, 0.3) is 0 Å². The van der Waals surface area contributed by atoms with E-state index in [9.17, 15) is 0 Å². The average molecular weight is 292 g/mol. The molecule has 0 atom stereocenters. The first-order valence-electron chi connectivity index (χ1n) is 6.59. The van der Waals surface area contributed by atoms with Crippen molar-refractivity contribution in [2.75, 3.05) is 33.2 Å². The van der Waals surface area contributed by atoms with Crippen molar-refractivity contribution in [3.05, 3.63) is 29.6 Å². The van der Waals surface area contributed by atoms with E-state index in [0.717, 1.165) is 44.1 Å². The second kappa shape index (κ2) is 7.28. The van der Waals surface area contributed by atoms with Gasteiger partial charge in [0, 0.05) is 32.7 Å². The molecule has 1 aromatic heterocycles. The van der Waals surface area contributed by atoms with Crippen molar-refractivity contribution in [2.24, 2.45) is 10.8 Å². The fourth-order valence-electron chi connectivity index (χ4n) is 2.06. The van der Waals surface area contributed by atoms with Gasteiger partial charge in [-0.2, -0.15) is 5.10 Å². The van der Waals surface area contributed by atoms with Crippen LogP contribution in [0, 0.1) is 0 Å². The Balaban J connectivity index is 1.92. The van der Waals surface area contributed by atoms with E-state index in [-0.39, 0.29) is 5.11 Å². The van der Waals surface area contributed by atoms with Gasteiger partial charge in [0.25, 0.3) is 0 Å². The van der Waals surface area contributed by atoms with Crippen LogP contribution in [0.1, 0.15) is 11.4 Å². The molecule has 1 fully saturated rings. The number of piperazine rings is 1. The van der Waals surface area contributed by atoms with Crippen LogP contribution in [0.2, 0.25) is 0 Å². The highest BCUT2D eigenvalue weighted by molar-refractivity contribution is 7.80. The minimum atomic E-state index is 0.148. The van der Waals surface area contributed by atoms with E-state index in [2.05, 4.69) is 44.6 Å². The summed E-state index contributed by atoms with van der Waals surface area (Å²) in [5.74, 6) is 0. The third kappa shape index (κ3) is 4.84. The standard InChI is InChI=1S/C13H20N6S/c1-18-5-7-19(8-6-18)10-12-4-2-3-11(16-12)9-15-17-13(14)20/h2-4,9H,5-8,10H2,1H3,(H3,14,17,20)/b15-9+. The molecule has 0 unspecified atom stereocenters. The third-order valence-electron chi connectivity index (χ3n) is 3.18. The van der Waals surface area contributed by atoms with Gasteiger partial charge in [-0.1, -0.05) is 6.07 Å². The van der Waals surface area contributed by atoms with Gasteiger partial charge in [0.1, 0.15) is 0 Å². The number of aromatic nitrogens is 1.